The fourth-order valence-electron chi connectivity index (χ4n) is 1.94. The first-order chi connectivity index (χ1) is 9.97. The van der Waals surface area contributed by atoms with Gasteiger partial charge in [0.15, 0.2) is 11.5 Å². The zero-order valence-corrected chi connectivity index (χ0v) is 15.2. The van der Waals surface area contributed by atoms with Crippen molar-refractivity contribution in [2.45, 2.75) is 5.38 Å². The Balaban J connectivity index is 2.52. The molecule has 0 radical (unpaired) electrons. The predicted molar refractivity (Wildman–Crippen MR) is 89.0 cm³/mol. The van der Waals surface area contributed by atoms with Crippen LogP contribution in [0.4, 0.5) is 4.39 Å². The molecule has 2 aromatic rings. The molecule has 1 unspecified atom stereocenters. The van der Waals surface area contributed by atoms with Crippen LogP contribution < -0.4 is 9.47 Å². The first-order valence-electron chi connectivity index (χ1n) is 5.98. The summed E-state index contributed by atoms with van der Waals surface area (Å²) >= 11 is 13.2. The van der Waals surface area contributed by atoms with E-state index in [2.05, 4.69) is 31.9 Å². The minimum Gasteiger partial charge on any atom is -0.493 e. The summed E-state index contributed by atoms with van der Waals surface area (Å²) in [5.41, 5.74) is 1.09. The van der Waals surface area contributed by atoms with E-state index in [1.54, 1.807) is 38.5 Å². The van der Waals surface area contributed by atoms with E-state index in [0.29, 0.717) is 22.6 Å². The van der Waals surface area contributed by atoms with Crippen molar-refractivity contribution in [2.75, 3.05) is 14.2 Å². The van der Waals surface area contributed by atoms with Gasteiger partial charge in [-0.3, -0.25) is 0 Å². The third-order valence-electron chi connectivity index (χ3n) is 3.01. The van der Waals surface area contributed by atoms with E-state index in [9.17, 15) is 4.39 Å². The summed E-state index contributed by atoms with van der Waals surface area (Å²) in [7, 11) is 3.09. The summed E-state index contributed by atoms with van der Waals surface area (Å²) in [6.07, 6.45) is 0. The predicted octanol–water partition coefficient (Wildman–Crippen LogP) is 5.70. The van der Waals surface area contributed by atoms with E-state index in [4.69, 9.17) is 21.1 Å². The van der Waals surface area contributed by atoms with Gasteiger partial charge in [-0.1, -0.05) is 31.9 Å². The lowest BCUT2D eigenvalue weighted by molar-refractivity contribution is 0.354. The molecule has 0 saturated heterocycles. The van der Waals surface area contributed by atoms with Gasteiger partial charge in [-0.05, 0) is 35.9 Å². The van der Waals surface area contributed by atoms with Gasteiger partial charge >= 0.3 is 0 Å². The Morgan fingerprint density at radius 3 is 2.24 bits per heavy atom. The second kappa shape index (κ2) is 6.99. The van der Waals surface area contributed by atoms with E-state index >= 15 is 0 Å². The van der Waals surface area contributed by atoms with E-state index in [1.165, 1.54) is 6.07 Å². The molecule has 0 saturated carbocycles. The lowest BCUT2D eigenvalue weighted by Gasteiger charge is -2.16. The standard InChI is InChI=1S/C15H12Br2ClFO2/c1-20-13-6-9(11(17)7-14(13)21-2)15(18)10-5-8(16)3-4-12(10)19/h3-7,15H,1-2H3. The van der Waals surface area contributed by atoms with Gasteiger partial charge in [0.05, 0.1) is 19.6 Å². The highest BCUT2D eigenvalue weighted by atomic mass is 79.9. The zero-order chi connectivity index (χ0) is 15.6. The molecule has 21 heavy (non-hydrogen) atoms. The average Bonchev–Trinajstić information content (AvgIpc) is 2.48. The molecule has 0 spiro atoms. The zero-order valence-electron chi connectivity index (χ0n) is 11.3. The first kappa shape index (κ1) is 16.6. The van der Waals surface area contributed by atoms with Gasteiger partial charge in [-0.2, -0.15) is 0 Å². The van der Waals surface area contributed by atoms with Crippen molar-refractivity contribution in [1.82, 2.24) is 0 Å². The van der Waals surface area contributed by atoms with E-state index < -0.39 is 5.38 Å². The number of methoxy groups -OCH3 is 2. The minimum absolute atomic E-state index is 0.361. The third kappa shape index (κ3) is 3.52. The molecule has 0 amide bonds. The quantitative estimate of drug-likeness (QED) is 0.571. The maximum Gasteiger partial charge on any atom is 0.161 e. The van der Waals surface area contributed by atoms with E-state index in [-0.39, 0.29) is 5.82 Å². The highest BCUT2D eigenvalue weighted by Gasteiger charge is 2.20. The second-order valence-electron chi connectivity index (χ2n) is 4.26. The summed E-state index contributed by atoms with van der Waals surface area (Å²) in [5.74, 6) is 0.753. The van der Waals surface area contributed by atoms with Crippen LogP contribution in [-0.4, -0.2) is 14.2 Å². The van der Waals surface area contributed by atoms with Crippen molar-refractivity contribution < 1.29 is 13.9 Å². The molecule has 0 aliphatic heterocycles. The third-order valence-corrected chi connectivity index (χ3v) is 4.66. The molecule has 2 nitrogen and oxygen atoms in total. The number of benzene rings is 2. The molecule has 1 atom stereocenters. The molecule has 0 aliphatic carbocycles. The number of ether oxygens (including phenoxy) is 2. The van der Waals surface area contributed by atoms with E-state index in [1.807, 2.05) is 0 Å². The molecule has 0 aliphatic rings. The molecule has 2 aromatic carbocycles. The highest BCUT2D eigenvalue weighted by Crippen LogP contribution is 2.41. The summed E-state index contributed by atoms with van der Waals surface area (Å²) in [6.45, 7) is 0. The molecular formula is C15H12Br2ClFO2. The molecule has 6 heteroatoms. The molecule has 2 rings (SSSR count). The van der Waals surface area contributed by atoms with Crippen LogP contribution in [0.1, 0.15) is 16.5 Å². The summed E-state index contributed by atoms with van der Waals surface area (Å²) in [6, 6.07) is 8.16. The second-order valence-corrected chi connectivity index (χ2v) is 6.46. The van der Waals surface area contributed by atoms with Crippen LogP contribution in [0.3, 0.4) is 0 Å². The molecule has 112 valence electrons. The Morgan fingerprint density at radius 2 is 1.62 bits per heavy atom. The number of rotatable bonds is 4. The van der Waals surface area contributed by atoms with Gasteiger partial charge in [0, 0.05) is 14.5 Å². The Morgan fingerprint density at radius 1 is 1.00 bits per heavy atom. The van der Waals surface area contributed by atoms with Crippen molar-refractivity contribution in [1.29, 1.82) is 0 Å². The monoisotopic (exact) mass is 436 g/mol. The van der Waals surface area contributed by atoms with Gasteiger partial charge in [0.25, 0.3) is 0 Å². The molecule has 0 heterocycles. The summed E-state index contributed by atoms with van der Waals surface area (Å²) in [5, 5.41) is -0.656. The van der Waals surface area contributed by atoms with Crippen LogP contribution in [0.25, 0.3) is 0 Å². The van der Waals surface area contributed by atoms with Crippen LogP contribution in [0, 0.1) is 5.82 Å². The molecule has 0 N–H and O–H groups in total. The van der Waals surface area contributed by atoms with Crippen molar-refractivity contribution in [3.8, 4) is 11.5 Å². The Labute approximate surface area is 144 Å². The van der Waals surface area contributed by atoms with Crippen molar-refractivity contribution in [3.05, 3.63) is 56.2 Å². The van der Waals surface area contributed by atoms with Crippen molar-refractivity contribution in [3.63, 3.8) is 0 Å². The number of hydrogen-bond donors (Lipinski definition) is 0. The van der Waals surface area contributed by atoms with E-state index in [0.717, 1.165) is 8.95 Å². The SMILES string of the molecule is COc1cc(Br)c(C(Cl)c2cc(Br)ccc2F)cc1OC. The topological polar surface area (TPSA) is 18.5 Å². The van der Waals surface area contributed by atoms with Crippen LogP contribution in [-0.2, 0) is 0 Å². The maximum atomic E-state index is 14.0. The lowest BCUT2D eigenvalue weighted by atomic mass is 10.0. The Hall–Kier alpha value is -0.780. The highest BCUT2D eigenvalue weighted by molar-refractivity contribution is 9.10. The number of hydrogen-bond acceptors (Lipinski definition) is 2. The van der Waals surface area contributed by atoms with Gasteiger partial charge in [0.1, 0.15) is 5.82 Å². The largest absolute Gasteiger partial charge is 0.493 e. The number of alkyl halides is 1. The maximum absolute atomic E-state index is 14.0. The Bertz CT molecular complexity index is 664. The summed E-state index contributed by atoms with van der Waals surface area (Å²) < 4.78 is 26.0. The van der Waals surface area contributed by atoms with Crippen LogP contribution in [0.15, 0.2) is 39.3 Å². The van der Waals surface area contributed by atoms with Gasteiger partial charge < -0.3 is 9.47 Å². The minimum atomic E-state index is -0.656. The number of halogens is 4. The molecule has 0 fully saturated rings. The van der Waals surface area contributed by atoms with Crippen LogP contribution in [0.2, 0.25) is 0 Å². The normalized spacial score (nSPS) is 12.1. The fourth-order valence-corrected chi connectivity index (χ4v) is 3.35. The Kier molecular flexibility index (Phi) is 5.52. The smallest absolute Gasteiger partial charge is 0.161 e. The van der Waals surface area contributed by atoms with Gasteiger partial charge in [-0.15, -0.1) is 11.6 Å². The summed E-state index contributed by atoms with van der Waals surface area (Å²) in [4.78, 5) is 0. The van der Waals surface area contributed by atoms with Crippen molar-refractivity contribution in [2.24, 2.45) is 0 Å². The molecular weight excluding hydrogens is 426 g/mol. The molecule has 0 aromatic heterocycles. The van der Waals surface area contributed by atoms with Crippen LogP contribution >= 0.6 is 43.5 Å². The van der Waals surface area contributed by atoms with Gasteiger partial charge in [-0.25, -0.2) is 4.39 Å². The first-order valence-corrected chi connectivity index (χ1v) is 8.00. The lowest BCUT2D eigenvalue weighted by Crippen LogP contribution is -2.00. The van der Waals surface area contributed by atoms with Crippen molar-refractivity contribution >= 4 is 43.5 Å². The fraction of sp³-hybridized carbons (Fsp3) is 0.200. The molecule has 0 bridgehead atoms. The van der Waals surface area contributed by atoms with Gasteiger partial charge in [0.2, 0.25) is 0 Å². The van der Waals surface area contributed by atoms with Crippen LogP contribution in [0.5, 0.6) is 11.5 Å². The average molecular weight is 439 g/mol.